The van der Waals surface area contributed by atoms with Gasteiger partial charge in [-0.25, -0.2) is 4.21 Å². The Hall–Kier alpha value is 0.287. The van der Waals surface area contributed by atoms with E-state index in [0.717, 1.165) is 6.04 Å². The topological polar surface area (TPSA) is 49.4 Å². The Morgan fingerprint density at radius 1 is 1.50 bits per heavy atom. The molecule has 3 nitrogen and oxygen atoms in total. The van der Waals surface area contributed by atoms with E-state index in [9.17, 15) is 8.76 Å². The van der Waals surface area contributed by atoms with Crippen LogP contribution in [0, 0.1) is 0 Å². The van der Waals surface area contributed by atoms with Crippen molar-refractivity contribution in [2.45, 2.75) is 25.7 Å². The molecule has 62 valence electrons. The molecule has 0 bridgehead atoms. The SMILES string of the molecule is C[Si](C)(C)CCOS(=O)[O-]. The fraction of sp³-hybridized carbons (Fsp3) is 1.00. The van der Waals surface area contributed by atoms with Crippen LogP contribution in [0.2, 0.25) is 25.7 Å². The second kappa shape index (κ2) is 4.22. The fourth-order valence-corrected chi connectivity index (χ4v) is 1.50. The van der Waals surface area contributed by atoms with Crippen LogP contribution in [0.4, 0.5) is 0 Å². The highest BCUT2D eigenvalue weighted by molar-refractivity contribution is 7.74. The minimum absolute atomic E-state index is 0.339. The Morgan fingerprint density at radius 3 is 2.30 bits per heavy atom. The standard InChI is InChI=1S/C5H14O3SSi/c1-10(2,3)5-4-8-9(6)7/h4-5H2,1-3H3,(H,6,7)/p-1. The smallest absolute Gasteiger partial charge is 0.0841 e. The first kappa shape index (κ1) is 10.3. The first-order chi connectivity index (χ1) is 4.42. The Bertz CT molecular complexity index is 121. The molecule has 0 aromatic heterocycles. The van der Waals surface area contributed by atoms with Crippen molar-refractivity contribution in [1.82, 2.24) is 0 Å². The molecule has 0 saturated heterocycles. The van der Waals surface area contributed by atoms with Gasteiger partial charge in [0.05, 0.1) is 18.0 Å². The van der Waals surface area contributed by atoms with Crippen molar-refractivity contribution in [3.05, 3.63) is 0 Å². The van der Waals surface area contributed by atoms with Gasteiger partial charge in [-0.3, -0.25) is 0 Å². The van der Waals surface area contributed by atoms with Crippen LogP contribution >= 0.6 is 0 Å². The van der Waals surface area contributed by atoms with E-state index in [2.05, 4.69) is 23.8 Å². The van der Waals surface area contributed by atoms with E-state index >= 15 is 0 Å². The van der Waals surface area contributed by atoms with E-state index in [1.807, 2.05) is 0 Å². The quantitative estimate of drug-likeness (QED) is 0.482. The van der Waals surface area contributed by atoms with Crippen molar-refractivity contribution in [2.24, 2.45) is 0 Å². The van der Waals surface area contributed by atoms with Crippen molar-refractivity contribution < 1.29 is 12.9 Å². The monoisotopic (exact) mass is 181 g/mol. The predicted molar refractivity (Wildman–Crippen MR) is 43.0 cm³/mol. The second-order valence-electron chi connectivity index (χ2n) is 3.34. The van der Waals surface area contributed by atoms with Crippen molar-refractivity contribution in [1.29, 1.82) is 0 Å². The molecule has 1 atom stereocenters. The fourth-order valence-electron chi connectivity index (χ4n) is 0.416. The van der Waals surface area contributed by atoms with Gasteiger partial charge in [-0.2, -0.15) is 0 Å². The lowest BCUT2D eigenvalue weighted by atomic mass is 10.9. The molecule has 0 rings (SSSR count). The van der Waals surface area contributed by atoms with Crippen molar-refractivity contribution in [3.8, 4) is 0 Å². The third-order valence-electron chi connectivity index (χ3n) is 1.03. The van der Waals surface area contributed by atoms with Crippen LogP contribution in [0.1, 0.15) is 0 Å². The minimum Gasteiger partial charge on any atom is -0.750 e. The molecule has 0 aliphatic heterocycles. The van der Waals surface area contributed by atoms with Crippen molar-refractivity contribution in [3.63, 3.8) is 0 Å². The maximum absolute atomic E-state index is 9.88. The Kier molecular flexibility index (Phi) is 4.35. The van der Waals surface area contributed by atoms with Gasteiger partial charge < -0.3 is 8.74 Å². The van der Waals surface area contributed by atoms with E-state index in [1.165, 1.54) is 0 Å². The average molecular weight is 181 g/mol. The maximum Gasteiger partial charge on any atom is 0.0841 e. The lowest BCUT2D eigenvalue weighted by Crippen LogP contribution is -2.21. The lowest BCUT2D eigenvalue weighted by molar-refractivity contribution is 0.316. The third-order valence-corrected chi connectivity index (χ3v) is 3.09. The zero-order valence-electron chi connectivity index (χ0n) is 6.55. The highest BCUT2D eigenvalue weighted by Gasteiger charge is 2.11. The first-order valence-electron chi connectivity index (χ1n) is 3.14. The van der Waals surface area contributed by atoms with Crippen molar-refractivity contribution in [2.75, 3.05) is 6.61 Å². The van der Waals surface area contributed by atoms with Crippen LogP contribution in [-0.4, -0.2) is 23.4 Å². The highest BCUT2D eigenvalue weighted by Crippen LogP contribution is 2.07. The summed E-state index contributed by atoms with van der Waals surface area (Å²) in [6.07, 6.45) is 0. The van der Waals surface area contributed by atoms with Crippen LogP contribution in [0.3, 0.4) is 0 Å². The highest BCUT2D eigenvalue weighted by atomic mass is 32.2. The summed E-state index contributed by atoms with van der Waals surface area (Å²) in [6.45, 7) is 6.85. The van der Waals surface area contributed by atoms with E-state index in [0.29, 0.717) is 6.61 Å². The second-order valence-corrected chi connectivity index (χ2v) is 9.60. The van der Waals surface area contributed by atoms with Gasteiger partial charge in [-0.05, 0) is 6.04 Å². The summed E-state index contributed by atoms with van der Waals surface area (Å²) in [7, 11) is -1.12. The Labute approximate surface area is 65.3 Å². The Morgan fingerprint density at radius 2 is 2.00 bits per heavy atom. The Balaban J connectivity index is 3.29. The number of hydrogen-bond acceptors (Lipinski definition) is 3. The largest absolute Gasteiger partial charge is 0.750 e. The van der Waals surface area contributed by atoms with Crippen LogP contribution < -0.4 is 0 Å². The van der Waals surface area contributed by atoms with Crippen molar-refractivity contribution >= 4 is 19.4 Å². The zero-order valence-corrected chi connectivity index (χ0v) is 8.36. The summed E-state index contributed by atoms with van der Waals surface area (Å²) in [5, 5.41) is 0. The molecule has 5 heteroatoms. The van der Waals surface area contributed by atoms with Crippen LogP contribution in [-0.2, 0) is 15.5 Å². The number of rotatable bonds is 4. The average Bonchev–Trinajstić information content (AvgIpc) is 1.59. The summed E-state index contributed by atoms with van der Waals surface area (Å²) in [6, 6.07) is 0.890. The van der Waals surface area contributed by atoms with E-state index < -0.39 is 19.4 Å². The van der Waals surface area contributed by atoms with E-state index in [1.54, 1.807) is 0 Å². The minimum atomic E-state index is -2.33. The number of hydrogen-bond donors (Lipinski definition) is 0. The van der Waals surface area contributed by atoms with Crippen LogP contribution in [0.25, 0.3) is 0 Å². The van der Waals surface area contributed by atoms with Gasteiger partial charge in [-0.15, -0.1) is 0 Å². The molecule has 0 radical (unpaired) electrons. The van der Waals surface area contributed by atoms with Crippen LogP contribution in [0.5, 0.6) is 0 Å². The van der Waals surface area contributed by atoms with Gasteiger partial charge in [0, 0.05) is 8.07 Å². The molecule has 0 aromatic rings. The molecule has 0 spiro atoms. The lowest BCUT2D eigenvalue weighted by Gasteiger charge is -2.15. The molecule has 1 unspecified atom stereocenters. The molecule has 0 N–H and O–H groups in total. The summed E-state index contributed by atoms with van der Waals surface area (Å²) in [5.41, 5.74) is 0. The van der Waals surface area contributed by atoms with Gasteiger partial charge in [0.15, 0.2) is 0 Å². The van der Waals surface area contributed by atoms with Crippen LogP contribution in [0.15, 0.2) is 0 Å². The van der Waals surface area contributed by atoms with Gasteiger partial charge >= 0.3 is 0 Å². The maximum atomic E-state index is 9.88. The predicted octanol–water partition coefficient (Wildman–Crippen LogP) is 1.14. The summed E-state index contributed by atoms with van der Waals surface area (Å²) in [5.74, 6) is 0. The van der Waals surface area contributed by atoms with Gasteiger partial charge in [0.25, 0.3) is 0 Å². The molecular formula is C5H13O3SSi-. The van der Waals surface area contributed by atoms with Gasteiger partial charge in [0.2, 0.25) is 0 Å². The summed E-state index contributed by atoms with van der Waals surface area (Å²) in [4.78, 5) is 0. The normalized spacial score (nSPS) is 15.2. The zero-order chi connectivity index (χ0) is 8.20. The van der Waals surface area contributed by atoms with E-state index in [4.69, 9.17) is 0 Å². The molecule has 0 amide bonds. The molecule has 0 heterocycles. The molecular weight excluding hydrogens is 168 g/mol. The summed E-state index contributed by atoms with van der Waals surface area (Å²) < 4.78 is 24.1. The summed E-state index contributed by atoms with van der Waals surface area (Å²) >= 11 is -2.33. The van der Waals surface area contributed by atoms with E-state index in [-0.39, 0.29) is 0 Å². The first-order valence-corrected chi connectivity index (χ1v) is 7.85. The molecule has 0 saturated carbocycles. The molecule has 0 fully saturated rings. The third kappa shape index (κ3) is 8.29. The molecule has 0 aliphatic carbocycles. The molecule has 10 heavy (non-hydrogen) atoms. The van der Waals surface area contributed by atoms with Gasteiger partial charge in [-0.1, -0.05) is 19.6 Å². The molecule has 0 aliphatic rings. The van der Waals surface area contributed by atoms with Gasteiger partial charge in [0.1, 0.15) is 0 Å². The molecule has 0 aromatic carbocycles.